The Bertz CT molecular complexity index is 714. The van der Waals surface area contributed by atoms with Gasteiger partial charge in [0.2, 0.25) is 0 Å². The number of alkyl halides is 3. The van der Waals surface area contributed by atoms with Crippen LogP contribution in [0.25, 0.3) is 0 Å². The second-order valence-electron chi connectivity index (χ2n) is 5.06. The number of nitrogens with zero attached hydrogens (tertiary/aromatic N) is 5. The Morgan fingerprint density at radius 1 is 1.26 bits per heavy atom. The van der Waals surface area contributed by atoms with Crippen molar-refractivity contribution in [2.45, 2.75) is 19.3 Å². The highest BCUT2D eigenvalue weighted by molar-refractivity contribution is 6.00. The van der Waals surface area contributed by atoms with Crippen molar-refractivity contribution in [2.75, 3.05) is 18.0 Å². The lowest BCUT2D eigenvalue weighted by molar-refractivity contribution is -0.143. The molecule has 3 rings (SSSR count). The van der Waals surface area contributed by atoms with E-state index in [4.69, 9.17) is 0 Å². The quantitative estimate of drug-likeness (QED) is 0.910. The van der Waals surface area contributed by atoms with Gasteiger partial charge in [-0.05, 0) is 22.6 Å². The van der Waals surface area contributed by atoms with Crippen molar-refractivity contribution in [1.82, 2.24) is 25.5 Å². The van der Waals surface area contributed by atoms with E-state index >= 15 is 0 Å². The largest absolute Gasteiger partial charge is 0.408 e. The molecular formula is C13H13F3N6O. The van der Waals surface area contributed by atoms with Gasteiger partial charge < -0.3 is 10.2 Å². The van der Waals surface area contributed by atoms with E-state index in [-0.39, 0.29) is 18.3 Å². The zero-order chi connectivity index (χ0) is 16.4. The predicted octanol–water partition coefficient (Wildman–Crippen LogP) is 0.985. The van der Waals surface area contributed by atoms with Gasteiger partial charge in [-0.2, -0.15) is 13.2 Å². The lowest BCUT2D eigenvalue weighted by Gasteiger charge is -2.23. The number of benzene rings is 1. The fourth-order valence-corrected chi connectivity index (χ4v) is 2.43. The van der Waals surface area contributed by atoms with E-state index in [2.05, 4.69) is 20.8 Å². The topological polar surface area (TPSA) is 75.9 Å². The summed E-state index contributed by atoms with van der Waals surface area (Å²) in [4.78, 5) is 13.8. The van der Waals surface area contributed by atoms with Crippen molar-refractivity contribution in [1.29, 1.82) is 0 Å². The molecule has 1 aliphatic heterocycles. The molecule has 1 N–H and O–H groups in total. The molecule has 122 valence electrons. The van der Waals surface area contributed by atoms with Gasteiger partial charge in [0.25, 0.3) is 5.91 Å². The number of fused-ring (bicyclic) bond motifs is 1. The number of para-hydroxylation sites is 1. The van der Waals surface area contributed by atoms with E-state index in [0.29, 0.717) is 24.3 Å². The number of tetrazole rings is 1. The summed E-state index contributed by atoms with van der Waals surface area (Å²) in [5.41, 5.74) is 1.11. The number of carbonyl (C=O) groups excluding carboxylic acids is 1. The monoisotopic (exact) mass is 326 g/mol. The zero-order valence-corrected chi connectivity index (χ0v) is 11.9. The molecule has 0 unspecified atom stereocenters. The Kier molecular flexibility index (Phi) is 3.89. The van der Waals surface area contributed by atoms with E-state index in [1.54, 1.807) is 29.2 Å². The maximum Gasteiger partial charge on any atom is 0.408 e. The lowest BCUT2D eigenvalue weighted by atomic mass is 10.1. The van der Waals surface area contributed by atoms with Gasteiger partial charge in [0, 0.05) is 18.8 Å². The second-order valence-corrected chi connectivity index (χ2v) is 5.06. The fraction of sp³-hybridized carbons (Fsp3) is 0.385. The molecule has 0 fully saturated rings. The normalized spacial score (nSPS) is 15.1. The third-order valence-electron chi connectivity index (χ3n) is 3.42. The number of hydrogen-bond acceptors (Lipinski definition) is 5. The Balaban J connectivity index is 1.87. The number of rotatable bonds is 3. The van der Waals surface area contributed by atoms with Gasteiger partial charge in [0.1, 0.15) is 6.54 Å². The van der Waals surface area contributed by atoms with E-state index in [0.717, 1.165) is 4.68 Å². The van der Waals surface area contributed by atoms with E-state index in [1.807, 2.05) is 0 Å². The first kappa shape index (κ1) is 15.3. The minimum absolute atomic E-state index is 0.0784. The summed E-state index contributed by atoms with van der Waals surface area (Å²) in [6.07, 6.45) is -4.40. The standard InChI is InChI=1S/C13H13F3N6O/c14-13(15,16)8-22-11(18-19-20-22)7-21-6-5-17-12(23)9-3-1-2-4-10(9)21/h1-4H,5-8H2,(H,17,23). The molecule has 0 saturated carbocycles. The molecule has 1 aromatic carbocycles. The number of halogens is 3. The first-order valence-corrected chi connectivity index (χ1v) is 6.88. The molecule has 0 radical (unpaired) electrons. The highest BCUT2D eigenvalue weighted by Gasteiger charge is 2.31. The van der Waals surface area contributed by atoms with Crippen LogP contribution in [0.2, 0.25) is 0 Å². The van der Waals surface area contributed by atoms with Gasteiger partial charge in [-0.25, -0.2) is 4.68 Å². The van der Waals surface area contributed by atoms with Crippen LogP contribution in [-0.4, -0.2) is 45.4 Å². The highest BCUT2D eigenvalue weighted by Crippen LogP contribution is 2.24. The van der Waals surface area contributed by atoms with Crippen molar-refractivity contribution in [3.63, 3.8) is 0 Å². The maximum absolute atomic E-state index is 12.5. The van der Waals surface area contributed by atoms with Crippen LogP contribution in [0, 0.1) is 0 Å². The third-order valence-corrected chi connectivity index (χ3v) is 3.42. The minimum Gasteiger partial charge on any atom is -0.362 e. The summed E-state index contributed by atoms with van der Waals surface area (Å²) >= 11 is 0. The number of nitrogens with one attached hydrogen (secondary N) is 1. The molecule has 2 heterocycles. The van der Waals surface area contributed by atoms with Gasteiger partial charge in [-0.15, -0.1) is 5.10 Å². The summed E-state index contributed by atoms with van der Waals surface area (Å²) in [5, 5.41) is 13.1. The summed E-state index contributed by atoms with van der Waals surface area (Å²) < 4.78 is 38.4. The third kappa shape index (κ3) is 3.41. The van der Waals surface area contributed by atoms with Crippen LogP contribution in [-0.2, 0) is 13.1 Å². The maximum atomic E-state index is 12.5. The van der Waals surface area contributed by atoms with Gasteiger partial charge in [-0.3, -0.25) is 4.79 Å². The van der Waals surface area contributed by atoms with Gasteiger partial charge >= 0.3 is 6.18 Å². The average molecular weight is 326 g/mol. The van der Waals surface area contributed by atoms with Crippen molar-refractivity contribution in [3.8, 4) is 0 Å². The smallest absolute Gasteiger partial charge is 0.362 e. The highest BCUT2D eigenvalue weighted by atomic mass is 19.4. The summed E-state index contributed by atoms with van der Waals surface area (Å²) in [7, 11) is 0. The van der Waals surface area contributed by atoms with E-state index in [1.165, 1.54) is 0 Å². The van der Waals surface area contributed by atoms with E-state index < -0.39 is 12.7 Å². The predicted molar refractivity (Wildman–Crippen MR) is 73.7 cm³/mol. The molecule has 1 aromatic heterocycles. The lowest BCUT2D eigenvalue weighted by Crippen LogP contribution is -2.31. The van der Waals surface area contributed by atoms with Crippen LogP contribution in [0.15, 0.2) is 24.3 Å². The number of hydrogen-bond donors (Lipinski definition) is 1. The van der Waals surface area contributed by atoms with Crippen LogP contribution in [0.5, 0.6) is 0 Å². The summed E-state index contributed by atoms with van der Waals surface area (Å²) in [6.45, 7) is -0.340. The molecule has 10 heteroatoms. The van der Waals surface area contributed by atoms with Crippen molar-refractivity contribution >= 4 is 11.6 Å². The van der Waals surface area contributed by atoms with Crippen molar-refractivity contribution in [2.24, 2.45) is 0 Å². The molecule has 0 spiro atoms. The number of amides is 1. The van der Waals surface area contributed by atoms with Crippen LogP contribution >= 0.6 is 0 Å². The van der Waals surface area contributed by atoms with Gasteiger partial charge in [0.05, 0.1) is 12.1 Å². The van der Waals surface area contributed by atoms with Crippen LogP contribution in [0.4, 0.5) is 18.9 Å². The average Bonchev–Trinajstić information content (AvgIpc) is 2.83. The number of carbonyl (C=O) groups is 1. The van der Waals surface area contributed by atoms with Crippen LogP contribution in [0.1, 0.15) is 16.2 Å². The first-order chi connectivity index (χ1) is 10.9. The SMILES string of the molecule is O=C1NCCN(Cc2nnnn2CC(F)(F)F)c2ccccc21. The second kappa shape index (κ2) is 5.86. The molecular weight excluding hydrogens is 313 g/mol. The molecule has 0 atom stereocenters. The molecule has 1 aliphatic rings. The molecule has 7 nitrogen and oxygen atoms in total. The molecule has 0 bridgehead atoms. The molecule has 0 aliphatic carbocycles. The minimum atomic E-state index is -4.40. The van der Waals surface area contributed by atoms with E-state index in [9.17, 15) is 18.0 Å². The van der Waals surface area contributed by atoms with Gasteiger partial charge in [0.15, 0.2) is 5.82 Å². The van der Waals surface area contributed by atoms with Gasteiger partial charge in [-0.1, -0.05) is 12.1 Å². The fourth-order valence-electron chi connectivity index (χ4n) is 2.43. The Morgan fingerprint density at radius 3 is 2.83 bits per heavy atom. The van der Waals surface area contributed by atoms with Crippen molar-refractivity contribution < 1.29 is 18.0 Å². The molecule has 2 aromatic rings. The number of aromatic nitrogens is 4. The molecule has 1 amide bonds. The zero-order valence-electron chi connectivity index (χ0n) is 11.9. The summed E-state index contributed by atoms with van der Waals surface area (Å²) in [5.74, 6) is -0.121. The van der Waals surface area contributed by atoms with Crippen molar-refractivity contribution in [3.05, 3.63) is 35.7 Å². The first-order valence-electron chi connectivity index (χ1n) is 6.88. The molecule has 23 heavy (non-hydrogen) atoms. The Morgan fingerprint density at radius 2 is 2.04 bits per heavy atom. The molecule has 0 saturated heterocycles. The summed E-state index contributed by atoms with van der Waals surface area (Å²) in [6, 6.07) is 6.92. The Labute approximate surface area is 129 Å². The number of anilines is 1. The van der Waals surface area contributed by atoms with Crippen LogP contribution in [0.3, 0.4) is 0 Å². The Hall–Kier alpha value is -2.65. The van der Waals surface area contributed by atoms with Crippen LogP contribution < -0.4 is 10.2 Å².